The van der Waals surface area contributed by atoms with Crippen LogP contribution in [0.2, 0.25) is 0 Å². The summed E-state index contributed by atoms with van der Waals surface area (Å²) in [6.45, 7) is 9.85. The maximum atomic E-state index is 5.35. The third kappa shape index (κ3) is 2.77. The number of aromatic amines is 1. The van der Waals surface area contributed by atoms with E-state index in [9.17, 15) is 0 Å². The van der Waals surface area contributed by atoms with Gasteiger partial charge in [0.25, 0.3) is 0 Å². The van der Waals surface area contributed by atoms with E-state index in [1.165, 1.54) is 12.8 Å². The van der Waals surface area contributed by atoms with E-state index in [1.807, 2.05) is 0 Å². The molecular weight excluding hydrogens is 232 g/mol. The number of H-pyrrole nitrogens is 1. The summed E-state index contributed by atoms with van der Waals surface area (Å²) in [4.78, 5) is 2.43. The van der Waals surface area contributed by atoms with Gasteiger partial charge >= 0.3 is 0 Å². The zero-order valence-electron chi connectivity index (χ0n) is 10.9. The molecule has 0 saturated heterocycles. The first-order valence-electron chi connectivity index (χ1n) is 6.56. The van der Waals surface area contributed by atoms with Crippen LogP contribution in [0.5, 0.6) is 0 Å². The molecular formula is C12H22N4S. The van der Waals surface area contributed by atoms with Crippen molar-refractivity contribution in [3.05, 3.63) is 10.6 Å². The maximum Gasteiger partial charge on any atom is 0.195 e. The lowest BCUT2D eigenvalue weighted by Crippen LogP contribution is -2.30. The molecule has 1 aliphatic carbocycles. The van der Waals surface area contributed by atoms with Crippen molar-refractivity contribution in [2.45, 2.75) is 45.6 Å². The Hall–Kier alpha value is -0.680. The minimum Gasteiger partial charge on any atom is -0.302 e. The molecule has 1 aliphatic rings. The Morgan fingerprint density at radius 1 is 1.47 bits per heavy atom. The molecule has 1 saturated carbocycles. The predicted octanol–water partition coefficient (Wildman–Crippen LogP) is 2.72. The van der Waals surface area contributed by atoms with Crippen molar-refractivity contribution in [1.82, 2.24) is 19.7 Å². The molecule has 1 atom stereocenters. The number of aromatic nitrogens is 3. The van der Waals surface area contributed by atoms with Crippen LogP contribution in [-0.2, 0) is 0 Å². The van der Waals surface area contributed by atoms with Gasteiger partial charge in [-0.05, 0) is 45.1 Å². The van der Waals surface area contributed by atoms with Gasteiger partial charge in [0.15, 0.2) is 4.77 Å². The zero-order valence-corrected chi connectivity index (χ0v) is 11.8. The summed E-state index contributed by atoms with van der Waals surface area (Å²) in [5.74, 6) is 1.80. The molecule has 1 N–H and O–H groups in total. The molecule has 1 aromatic rings. The van der Waals surface area contributed by atoms with Gasteiger partial charge in [0.1, 0.15) is 5.82 Å². The van der Waals surface area contributed by atoms with E-state index in [4.69, 9.17) is 12.2 Å². The average Bonchev–Trinajstić information content (AvgIpc) is 3.09. The highest BCUT2D eigenvalue weighted by atomic mass is 32.1. The standard InChI is InChI=1S/C12H22N4S/c1-4-15(5-2)8-9(3)16-11(10-6-7-10)13-14-12(16)17/h9-10H,4-8H2,1-3H3,(H,14,17). The quantitative estimate of drug-likeness (QED) is 0.793. The molecule has 1 unspecified atom stereocenters. The Kier molecular flexibility index (Phi) is 3.99. The highest BCUT2D eigenvalue weighted by Gasteiger charge is 2.30. The zero-order chi connectivity index (χ0) is 12.4. The van der Waals surface area contributed by atoms with Crippen molar-refractivity contribution < 1.29 is 0 Å². The van der Waals surface area contributed by atoms with E-state index in [1.54, 1.807) is 0 Å². The molecule has 4 nitrogen and oxygen atoms in total. The van der Waals surface area contributed by atoms with Gasteiger partial charge in [0, 0.05) is 18.5 Å². The van der Waals surface area contributed by atoms with Gasteiger partial charge in [-0.2, -0.15) is 5.10 Å². The van der Waals surface area contributed by atoms with Crippen LogP contribution in [0.1, 0.15) is 51.4 Å². The molecule has 96 valence electrons. The molecule has 0 aromatic carbocycles. The van der Waals surface area contributed by atoms with Crippen molar-refractivity contribution in [3.8, 4) is 0 Å². The molecule has 0 bridgehead atoms. The second kappa shape index (κ2) is 5.31. The van der Waals surface area contributed by atoms with Crippen LogP contribution in [-0.4, -0.2) is 39.3 Å². The van der Waals surface area contributed by atoms with Crippen LogP contribution in [0.15, 0.2) is 0 Å². The van der Waals surface area contributed by atoms with Crippen LogP contribution in [0.4, 0.5) is 0 Å². The summed E-state index contributed by atoms with van der Waals surface area (Å²) >= 11 is 5.35. The van der Waals surface area contributed by atoms with Gasteiger partial charge in [-0.1, -0.05) is 13.8 Å². The highest BCUT2D eigenvalue weighted by Crippen LogP contribution is 2.39. The number of hydrogen-bond donors (Lipinski definition) is 1. The van der Waals surface area contributed by atoms with Gasteiger partial charge in [-0.3, -0.25) is 9.67 Å². The Bertz CT molecular complexity index is 414. The van der Waals surface area contributed by atoms with E-state index in [2.05, 4.69) is 40.4 Å². The van der Waals surface area contributed by atoms with E-state index in [-0.39, 0.29) is 0 Å². The predicted molar refractivity (Wildman–Crippen MR) is 71.9 cm³/mol. The number of hydrogen-bond acceptors (Lipinski definition) is 3. The summed E-state index contributed by atoms with van der Waals surface area (Å²) in [7, 11) is 0. The van der Waals surface area contributed by atoms with E-state index >= 15 is 0 Å². The van der Waals surface area contributed by atoms with Gasteiger partial charge in [-0.25, -0.2) is 0 Å². The van der Waals surface area contributed by atoms with Gasteiger partial charge < -0.3 is 4.90 Å². The molecule has 0 amide bonds. The normalized spacial score (nSPS) is 17.6. The molecule has 1 fully saturated rings. The molecule has 0 aliphatic heterocycles. The van der Waals surface area contributed by atoms with Crippen molar-refractivity contribution in [3.63, 3.8) is 0 Å². The molecule has 17 heavy (non-hydrogen) atoms. The Morgan fingerprint density at radius 2 is 2.12 bits per heavy atom. The molecule has 1 aromatic heterocycles. The van der Waals surface area contributed by atoms with Gasteiger partial charge in [-0.15, -0.1) is 0 Å². The van der Waals surface area contributed by atoms with Crippen LogP contribution in [0, 0.1) is 4.77 Å². The number of nitrogens with one attached hydrogen (secondary N) is 1. The third-order valence-electron chi connectivity index (χ3n) is 3.53. The molecule has 0 spiro atoms. The minimum absolute atomic E-state index is 0.400. The van der Waals surface area contributed by atoms with Crippen molar-refractivity contribution >= 4 is 12.2 Å². The van der Waals surface area contributed by atoms with Gasteiger partial charge in [0.2, 0.25) is 0 Å². The Labute approximate surface area is 108 Å². The average molecular weight is 254 g/mol. The van der Waals surface area contributed by atoms with Gasteiger partial charge in [0.05, 0.1) is 0 Å². The first-order chi connectivity index (χ1) is 8.17. The summed E-state index contributed by atoms with van der Waals surface area (Å²) in [5.41, 5.74) is 0. The second-order valence-electron chi connectivity index (χ2n) is 4.87. The summed E-state index contributed by atoms with van der Waals surface area (Å²) in [6.07, 6.45) is 2.52. The summed E-state index contributed by atoms with van der Waals surface area (Å²) in [5, 5.41) is 7.33. The van der Waals surface area contributed by atoms with Crippen LogP contribution in [0.3, 0.4) is 0 Å². The lowest BCUT2D eigenvalue weighted by Gasteiger charge is -2.24. The van der Waals surface area contributed by atoms with E-state index < -0.39 is 0 Å². The van der Waals surface area contributed by atoms with Crippen molar-refractivity contribution in [1.29, 1.82) is 0 Å². The summed E-state index contributed by atoms with van der Waals surface area (Å²) < 4.78 is 2.98. The number of likely N-dealkylation sites (N-methyl/N-ethyl adjacent to an activating group) is 1. The molecule has 2 rings (SSSR count). The SMILES string of the molecule is CCN(CC)CC(C)n1c(C2CC2)n[nH]c1=S. The van der Waals surface area contributed by atoms with E-state index in [0.717, 1.165) is 30.2 Å². The second-order valence-corrected chi connectivity index (χ2v) is 5.25. The largest absolute Gasteiger partial charge is 0.302 e. The first-order valence-corrected chi connectivity index (χ1v) is 6.97. The van der Waals surface area contributed by atoms with Crippen LogP contribution < -0.4 is 0 Å². The monoisotopic (exact) mass is 254 g/mol. The highest BCUT2D eigenvalue weighted by molar-refractivity contribution is 7.71. The fourth-order valence-corrected chi connectivity index (χ4v) is 2.63. The van der Waals surface area contributed by atoms with Crippen LogP contribution >= 0.6 is 12.2 Å². The minimum atomic E-state index is 0.400. The lowest BCUT2D eigenvalue weighted by atomic mass is 10.2. The topological polar surface area (TPSA) is 36.9 Å². The Morgan fingerprint density at radius 3 is 2.65 bits per heavy atom. The number of nitrogens with zero attached hydrogens (tertiary/aromatic N) is 3. The molecule has 1 heterocycles. The van der Waals surface area contributed by atoms with E-state index in [0.29, 0.717) is 12.0 Å². The fraction of sp³-hybridized carbons (Fsp3) is 0.833. The maximum absolute atomic E-state index is 5.35. The Balaban J connectivity index is 2.15. The van der Waals surface area contributed by atoms with Crippen molar-refractivity contribution in [2.75, 3.05) is 19.6 Å². The first kappa shape index (κ1) is 12.8. The smallest absolute Gasteiger partial charge is 0.195 e. The number of rotatable bonds is 6. The molecule has 5 heteroatoms. The summed E-state index contributed by atoms with van der Waals surface area (Å²) in [6, 6.07) is 0.400. The van der Waals surface area contributed by atoms with Crippen LogP contribution in [0.25, 0.3) is 0 Å². The third-order valence-corrected chi connectivity index (χ3v) is 3.82. The fourth-order valence-electron chi connectivity index (χ4n) is 2.31. The van der Waals surface area contributed by atoms with Crippen molar-refractivity contribution in [2.24, 2.45) is 0 Å². The lowest BCUT2D eigenvalue weighted by molar-refractivity contribution is 0.258. The molecule has 0 radical (unpaired) electrons.